The van der Waals surface area contributed by atoms with Gasteiger partial charge in [-0.3, -0.25) is 4.79 Å². The van der Waals surface area contributed by atoms with Crippen molar-refractivity contribution in [2.45, 2.75) is 45.1 Å². The molecule has 0 saturated heterocycles. The van der Waals surface area contributed by atoms with Gasteiger partial charge in [0.25, 0.3) is 5.56 Å². The molecule has 7 nitrogen and oxygen atoms in total. The van der Waals surface area contributed by atoms with Gasteiger partial charge >= 0.3 is 5.97 Å². The summed E-state index contributed by atoms with van der Waals surface area (Å²) in [7, 11) is 0. The molecule has 0 radical (unpaired) electrons. The summed E-state index contributed by atoms with van der Waals surface area (Å²) in [6, 6.07) is 3.03. The average molecular weight is 407 g/mol. The first-order chi connectivity index (χ1) is 14.2. The van der Waals surface area contributed by atoms with Crippen molar-refractivity contribution < 1.29 is 19.0 Å². The van der Waals surface area contributed by atoms with E-state index in [1.165, 1.54) is 6.07 Å². The lowest BCUT2D eigenvalue weighted by molar-refractivity contribution is -0.157. The molecule has 8 heteroatoms. The highest BCUT2D eigenvalue weighted by atomic mass is 19.1. The minimum Gasteiger partial charge on any atom is -0.458 e. The first-order valence-corrected chi connectivity index (χ1v) is 9.74. The molecule has 0 spiro atoms. The molecule has 3 N–H and O–H groups in total. The molecule has 2 aliphatic heterocycles. The molecule has 1 aromatic carbocycles. The monoisotopic (exact) mass is 407 g/mol. The molecular weight excluding hydrogens is 389 g/mol. The van der Waals surface area contributed by atoms with Gasteiger partial charge in [0, 0.05) is 28.1 Å². The fourth-order valence-corrected chi connectivity index (χ4v) is 5.24. The third-order valence-corrected chi connectivity index (χ3v) is 6.69. The Morgan fingerprint density at radius 1 is 1.30 bits per heavy atom. The van der Waals surface area contributed by atoms with Gasteiger partial charge in [0.1, 0.15) is 12.4 Å². The number of hydrogen-bond donors (Lipinski definition) is 2. The number of aliphatic hydroxyl groups excluding tert-OH is 1. The van der Waals surface area contributed by atoms with Crippen molar-refractivity contribution in [1.29, 1.82) is 0 Å². The number of cyclic esters (lactones) is 1. The number of carbonyl (C=O) groups is 1. The highest BCUT2D eigenvalue weighted by Gasteiger charge is 2.41. The summed E-state index contributed by atoms with van der Waals surface area (Å²) in [6.07, 6.45) is -1.03. The Kier molecular flexibility index (Phi) is 3.15. The fourth-order valence-electron chi connectivity index (χ4n) is 5.24. The SMILES string of the molecule is Cc1c(F)cc2nc3c(c4c2c1CC4(C)N)Cn1c-3cc2c(c1=O)COC(=O)C2O. The van der Waals surface area contributed by atoms with E-state index in [9.17, 15) is 19.1 Å². The zero-order chi connectivity index (χ0) is 21.1. The van der Waals surface area contributed by atoms with Crippen LogP contribution in [0.3, 0.4) is 0 Å². The normalized spacial score (nSPS) is 23.4. The molecular formula is C22H18FN3O4. The van der Waals surface area contributed by atoms with E-state index in [2.05, 4.69) is 0 Å². The molecule has 4 heterocycles. The number of aliphatic hydroxyl groups is 1. The Hall–Kier alpha value is -3.10. The van der Waals surface area contributed by atoms with E-state index in [1.54, 1.807) is 17.6 Å². The van der Waals surface area contributed by atoms with E-state index in [-0.39, 0.29) is 35.7 Å². The molecule has 2 aromatic heterocycles. The van der Waals surface area contributed by atoms with Gasteiger partial charge in [0.15, 0.2) is 6.10 Å². The number of carbonyl (C=O) groups excluding carboxylic acids is 1. The van der Waals surface area contributed by atoms with Crippen LogP contribution < -0.4 is 11.3 Å². The number of rotatable bonds is 0. The summed E-state index contributed by atoms with van der Waals surface area (Å²) in [5.74, 6) is -1.13. The van der Waals surface area contributed by atoms with Crippen LogP contribution in [0.15, 0.2) is 16.9 Å². The summed E-state index contributed by atoms with van der Waals surface area (Å²) in [6.45, 7) is 3.76. The van der Waals surface area contributed by atoms with Crippen molar-refractivity contribution in [3.8, 4) is 11.4 Å². The zero-order valence-electron chi connectivity index (χ0n) is 16.4. The number of nitrogens with zero attached hydrogens (tertiary/aromatic N) is 2. The van der Waals surface area contributed by atoms with E-state index in [4.69, 9.17) is 15.5 Å². The molecule has 6 rings (SSSR count). The smallest absolute Gasteiger partial charge is 0.340 e. The van der Waals surface area contributed by atoms with Crippen LogP contribution in [0.2, 0.25) is 0 Å². The van der Waals surface area contributed by atoms with Crippen LogP contribution >= 0.6 is 0 Å². The maximum atomic E-state index is 14.6. The van der Waals surface area contributed by atoms with Crippen LogP contribution in [0.1, 0.15) is 46.4 Å². The zero-order valence-corrected chi connectivity index (χ0v) is 16.4. The van der Waals surface area contributed by atoms with E-state index < -0.39 is 17.6 Å². The third-order valence-electron chi connectivity index (χ3n) is 6.69. The van der Waals surface area contributed by atoms with Gasteiger partial charge in [-0.2, -0.15) is 0 Å². The van der Waals surface area contributed by atoms with Crippen molar-refractivity contribution in [3.63, 3.8) is 0 Å². The van der Waals surface area contributed by atoms with Crippen molar-refractivity contribution in [3.05, 3.63) is 61.7 Å². The predicted octanol–water partition coefficient (Wildman–Crippen LogP) is 1.69. The number of aromatic nitrogens is 2. The van der Waals surface area contributed by atoms with Crippen LogP contribution in [0.25, 0.3) is 22.3 Å². The second kappa shape index (κ2) is 5.33. The molecule has 0 fully saturated rings. The minimum atomic E-state index is -1.52. The van der Waals surface area contributed by atoms with Gasteiger partial charge < -0.3 is 20.1 Å². The van der Waals surface area contributed by atoms with E-state index in [0.717, 1.165) is 22.1 Å². The first kappa shape index (κ1) is 17.7. The van der Waals surface area contributed by atoms with Crippen LogP contribution in [0.5, 0.6) is 0 Å². The maximum Gasteiger partial charge on any atom is 0.340 e. The van der Waals surface area contributed by atoms with Gasteiger partial charge in [0.05, 0.1) is 29.0 Å². The molecule has 30 heavy (non-hydrogen) atoms. The number of hydrogen-bond acceptors (Lipinski definition) is 6. The number of nitrogens with two attached hydrogens (primary N) is 1. The highest BCUT2D eigenvalue weighted by molar-refractivity contribution is 5.95. The van der Waals surface area contributed by atoms with Crippen molar-refractivity contribution >= 4 is 16.9 Å². The van der Waals surface area contributed by atoms with Crippen LogP contribution in [0, 0.1) is 12.7 Å². The van der Waals surface area contributed by atoms with Gasteiger partial charge in [-0.1, -0.05) is 0 Å². The molecule has 1 aliphatic carbocycles. The van der Waals surface area contributed by atoms with Gasteiger partial charge in [-0.15, -0.1) is 0 Å². The van der Waals surface area contributed by atoms with Crippen molar-refractivity contribution in [2.75, 3.05) is 0 Å². The Bertz CT molecular complexity index is 1410. The molecule has 152 valence electrons. The lowest BCUT2D eigenvalue weighted by Gasteiger charge is -2.22. The number of fused-ring (bicyclic) bond motifs is 5. The quantitative estimate of drug-likeness (QED) is 0.430. The summed E-state index contributed by atoms with van der Waals surface area (Å²) >= 11 is 0. The summed E-state index contributed by atoms with van der Waals surface area (Å²) in [5, 5.41) is 11.1. The van der Waals surface area contributed by atoms with Gasteiger partial charge in [0.2, 0.25) is 0 Å². The summed E-state index contributed by atoms with van der Waals surface area (Å²) < 4.78 is 21.1. The maximum absolute atomic E-state index is 14.6. The van der Waals surface area contributed by atoms with Gasteiger partial charge in [-0.25, -0.2) is 14.2 Å². The lowest BCUT2D eigenvalue weighted by atomic mass is 9.90. The topological polar surface area (TPSA) is 107 Å². The molecule has 3 aromatic rings. The fraction of sp³-hybridized carbons (Fsp3) is 0.318. The van der Waals surface area contributed by atoms with Crippen molar-refractivity contribution in [2.24, 2.45) is 5.73 Å². The first-order valence-electron chi connectivity index (χ1n) is 9.74. The Labute approximate surface area is 169 Å². The van der Waals surface area contributed by atoms with Gasteiger partial charge in [-0.05, 0) is 43.0 Å². The largest absolute Gasteiger partial charge is 0.458 e. The average Bonchev–Trinajstić information content (AvgIpc) is 3.19. The number of ether oxygens (including phenoxy) is 1. The van der Waals surface area contributed by atoms with Crippen LogP contribution in [-0.2, 0) is 34.6 Å². The predicted molar refractivity (Wildman–Crippen MR) is 105 cm³/mol. The molecule has 0 amide bonds. The van der Waals surface area contributed by atoms with Crippen molar-refractivity contribution in [1.82, 2.24) is 9.55 Å². The second-order valence-electron chi connectivity index (χ2n) is 8.63. The molecule has 2 unspecified atom stereocenters. The number of esters is 1. The molecule has 0 bridgehead atoms. The molecule has 0 saturated carbocycles. The highest BCUT2D eigenvalue weighted by Crippen LogP contribution is 2.47. The Morgan fingerprint density at radius 3 is 2.83 bits per heavy atom. The van der Waals surface area contributed by atoms with Crippen LogP contribution in [-0.4, -0.2) is 20.6 Å². The summed E-state index contributed by atoms with van der Waals surface area (Å²) in [5.41, 5.74) is 10.8. The Morgan fingerprint density at radius 2 is 2.07 bits per heavy atom. The molecule has 2 atom stereocenters. The number of pyridine rings is 2. The number of halogens is 1. The lowest BCUT2D eigenvalue weighted by Crippen LogP contribution is -2.34. The minimum absolute atomic E-state index is 0.174. The third kappa shape index (κ3) is 1.97. The number of benzene rings is 1. The van der Waals surface area contributed by atoms with Crippen LogP contribution in [0.4, 0.5) is 4.39 Å². The summed E-state index contributed by atoms with van der Waals surface area (Å²) in [4.78, 5) is 29.6. The van der Waals surface area contributed by atoms with E-state index >= 15 is 0 Å². The standard InChI is InChI=1S/C22H18FN3O4/c1-8-10-5-22(2,24)17-11-6-26-15(18(11)25-14(16(10)17)4-13(8)23)3-9-12(20(26)28)7-30-21(29)19(9)27/h3-4,19,27H,5-7,24H2,1-2H3. The molecule has 3 aliphatic rings. The second-order valence-corrected chi connectivity index (χ2v) is 8.63. The van der Waals surface area contributed by atoms with E-state index in [1.807, 2.05) is 6.92 Å². The Balaban J connectivity index is 1.71. The van der Waals surface area contributed by atoms with E-state index in [0.29, 0.717) is 28.9 Å².